The van der Waals surface area contributed by atoms with Crippen LogP contribution in [0, 0.1) is 0 Å². The summed E-state index contributed by atoms with van der Waals surface area (Å²) in [6, 6.07) is 77.3. The number of hydrogen-bond donors (Lipinski definition) is 1. The van der Waals surface area contributed by atoms with E-state index in [9.17, 15) is 0 Å². The number of aliphatic imine (C=N–C) groups is 1. The Hall–Kier alpha value is -8.41. The SMILES string of the molecule is c1ccc2c(C3=NC(n4c5ccc(-n6c7ccccc7c7ccccc76)cc5c5cc(-n6c7ccccc7c7ccccc76)ccc54)Nc4c3ccc3ccccc43)cccc2c1. The van der Waals surface area contributed by atoms with Crippen molar-refractivity contribution in [1.82, 2.24) is 13.7 Å². The number of hydrogen-bond acceptors (Lipinski definition) is 2. The first-order valence-electron chi connectivity index (χ1n) is 21.7. The average Bonchev–Trinajstić information content (AvgIpc) is 3.99. The van der Waals surface area contributed by atoms with E-state index in [2.05, 4.69) is 231 Å². The quantitative estimate of drug-likeness (QED) is 0.189. The molecule has 0 aliphatic carbocycles. The van der Waals surface area contributed by atoms with Gasteiger partial charge in [-0.1, -0.05) is 152 Å². The third-order valence-corrected chi connectivity index (χ3v) is 13.4. The van der Waals surface area contributed by atoms with Gasteiger partial charge in [0.25, 0.3) is 0 Å². The molecule has 63 heavy (non-hydrogen) atoms. The maximum Gasteiger partial charge on any atom is 0.201 e. The van der Waals surface area contributed by atoms with Crippen LogP contribution in [0.15, 0.2) is 217 Å². The smallest absolute Gasteiger partial charge is 0.201 e. The Morgan fingerprint density at radius 1 is 0.333 bits per heavy atom. The predicted octanol–water partition coefficient (Wildman–Crippen LogP) is 14.7. The van der Waals surface area contributed by atoms with E-state index in [1.807, 2.05) is 0 Å². The van der Waals surface area contributed by atoms with Gasteiger partial charge in [-0.2, -0.15) is 0 Å². The number of para-hydroxylation sites is 4. The van der Waals surface area contributed by atoms with Crippen molar-refractivity contribution in [2.75, 3.05) is 5.32 Å². The number of nitrogens with one attached hydrogen (secondary N) is 1. The van der Waals surface area contributed by atoms with Gasteiger partial charge in [-0.25, -0.2) is 4.99 Å². The Morgan fingerprint density at radius 3 is 1.32 bits per heavy atom. The van der Waals surface area contributed by atoms with Gasteiger partial charge in [-0.3, -0.25) is 0 Å². The second-order valence-corrected chi connectivity index (χ2v) is 16.7. The largest absolute Gasteiger partial charge is 0.345 e. The molecule has 1 aliphatic rings. The summed E-state index contributed by atoms with van der Waals surface area (Å²) in [6.07, 6.45) is -0.449. The molecule has 5 heteroatoms. The van der Waals surface area contributed by atoms with Gasteiger partial charge in [0.05, 0.1) is 44.5 Å². The Balaban J connectivity index is 1.07. The van der Waals surface area contributed by atoms with E-state index in [4.69, 9.17) is 4.99 Å². The van der Waals surface area contributed by atoms with Crippen molar-refractivity contribution in [2.45, 2.75) is 6.29 Å². The summed E-state index contributed by atoms with van der Waals surface area (Å²) in [5.41, 5.74) is 13.5. The lowest BCUT2D eigenvalue weighted by atomic mass is 9.92. The summed E-state index contributed by atoms with van der Waals surface area (Å²) in [7, 11) is 0. The molecular formula is C58H37N5. The zero-order chi connectivity index (χ0) is 41.2. The summed E-state index contributed by atoms with van der Waals surface area (Å²) >= 11 is 0. The van der Waals surface area contributed by atoms with E-state index >= 15 is 0 Å². The topological polar surface area (TPSA) is 39.2 Å². The Morgan fingerprint density at radius 2 is 0.778 bits per heavy atom. The normalized spacial score (nSPS) is 14.1. The monoisotopic (exact) mass is 803 g/mol. The molecule has 0 spiro atoms. The molecule has 0 bridgehead atoms. The lowest BCUT2D eigenvalue weighted by Gasteiger charge is -2.29. The molecular weight excluding hydrogens is 767 g/mol. The van der Waals surface area contributed by atoms with Gasteiger partial charge in [0.2, 0.25) is 6.29 Å². The molecule has 1 aliphatic heterocycles. The number of fused-ring (bicyclic) bond motifs is 13. The summed E-state index contributed by atoms with van der Waals surface area (Å²) in [4.78, 5) is 5.76. The minimum atomic E-state index is -0.449. The third kappa shape index (κ3) is 4.90. The van der Waals surface area contributed by atoms with Gasteiger partial charge in [-0.05, 0) is 76.8 Å². The van der Waals surface area contributed by atoms with E-state index < -0.39 is 6.29 Å². The van der Waals surface area contributed by atoms with Gasteiger partial charge < -0.3 is 19.0 Å². The molecule has 4 heterocycles. The van der Waals surface area contributed by atoms with Crippen LogP contribution in [0.25, 0.3) is 98.3 Å². The average molecular weight is 804 g/mol. The summed E-state index contributed by atoms with van der Waals surface area (Å²) < 4.78 is 7.26. The number of anilines is 1. The molecule has 0 saturated heterocycles. The first-order chi connectivity index (χ1) is 31.3. The minimum absolute atomic E-state index is 0.449. The van der Waals surface area contributed by atoms with Crippen molar-refractivity contribution in [1.29, 1.82) is 0 Å². The first kappa shape index (κ1) is 34.3. The molecule has 0 amide bonds. The highest BCUT2D eigenvalue weighted by atomic mass is 15.3. The molecule has 1 unspecified atom stereocenters. The molecule has 1 atom stereocenters. The van der Waals surface area contributed by atoms with Crippen molar-refractivity contribution in [2.24, 2.45) is 4.99 Å². The van der Waals surface area contributed by atoms with Crippen LogP contribution in [-0.2, 0) is 0 Å². The van der Waals surface area contributed by atoms with Crippen molar-refractivity contribution in [3.8, 4) is 11.4 Å². The fourth-order valence-electron chi connectivity index (χ4n) is 10.7. The molecule has 10 aromatic carbocycles. The molecule has 3 aromatic heterocycles. The third-order valence-electron chi connectivity index (χ3n) is 13.4. The Bertz CT molecular complexity index is 3800. The van der Waals surface area contributed by atoms with E-state index in [0.29, 0.717) is 0 Å². The van der Waals surface area contributed by atoms with Crippen molar-refractivity contribution < 1.29 is 0 Å². The number of aromatic nitrogens is 3. The van der Waals surface area contributed by atoms with E-state index in [0.717, 1.165) is 44.9 Å². The van der Waals surface area contributed by atoms with Crippen molar-refractivity contribution in [3.05, 3.63) is 223 Å². The molecule has 14 rings (SSSR count). The highest BCUT2D eigenvalue weighted by Crippen LogP contribution is 2.43. The molecule has 0 radical (unpaired) electrons. The zero-order valence-corrected chi connectivity index (χ0v) is 34.1. The predicted molar refractivity (Wildman–Crippen MR) is 264 cm³/mol. The second-order valence-electron chi connectivity index (χ2n) is 16.7. The molecule has 0 saturated carbocycles. The lowest BCUT2D eigenvalue weighted by molar-refractivity contribution is 0.625. The zero-order valence-electron chi connectivity index (χ0n) is 34.1. The molecule has 294 valence electrons. The number of nitrogens with zero attached hydrogens (tertiary/aromatic N) is 4. The summed E-state index contributed by atoms with van der Waals surface area (Å²) in [6.45, 7) is 0. The maximum absolute atomic E-state index is 5.76. The molecule has 0 fully saturated rings. The van der Waals surface area contributed by atoms with E-state index in [1.165, 1.54) is 75.9 Å². The van der Waals surface area contributed by atoms with Crippen LogP contribution < -0.4 is 5.32 Å². The molecule has 5 nitrogen and oxygen atoms in total. The van der Waals surface area contributed by atoms with Crippen molar-refractivity contribution >= 4 is 98.4 Å². The Kier molecular flexibility index (Phi) is 7.11. The van der Waals surface area contributed by atoms with Gasteiger partial charge >= 0.3 is 0 Å². The van der Waals surface area contributed by atoms with Gasteiger partial charge in [0, 0.05) is 60.2 Å². The second kappa shape index (κ2) is 13.0. The highest BCUT2D eigenvalue weighted by Gasteiger charge is 2.28. The maximum atomic E-state index is 5.76. The Labute approximate surface area is 362 Å². The first-order valence-corrected chi connectivity index (χ1v) is 21.7. The van der Waals surface area contributed by atoms with Crippen LogP contribution in [0.1, 0.15) is 17.4 Å². The van der Waals surface area contributed by atoms with E-state index in [-0.39, 0.29) is 0 Å². The van der Waals surface area contributed by atoms with Crippen LogP contribution in [0.3, 0.4) is 0 Å². The van der Waals surface area contributed by atoms with Gasteiger partial charge in [0.1, 0.15) is 0 Å². The minimum Gasteiger partial charge on any atom is -0.345 e. The lowest BCUT2D eigenvalue weighted by Crippen LogP contribution is -2.25. The van der Waals surface area contributed by atoms with Crippen LogP contribution in [0.4, 0.5) is 5.69 Å². The standard InChI is InChI=1S/C58H37N5/c1-3-17-40-36(14-1)16-13-23-46(40)57-47-31-28-37-15-2-4-18-41(37)56(47)59-58(60-57)63-54-32-29-38(61-50-24-9-5-19-42(50)43-20-6-10-25-51(43)61)34-48(54)49-35-39(30-33-55(49)63)62-52-26-11-7-21-44(52)45-22-8-12-27-53(45)62/h1-35,58-59H. The molecule has 13 aromatic rings. The molecule has 1 N–H and O–H groups in total. The summed E-state index contributed by atoms with van der Waals surface area (Å²) in [5, 5.41) is 16.1. The van der Waals surface area contributed by atoms with E-state index in [1.54, 1.807) is 0 Å². The summed E-state index contributed by atoms with van der Waals surface area (Å²) in [5.74, 6) is 0. The van der Waals surface area contributed by atoms with Crippen LogP contribution in [0.5, 0.6) is 0 Å². The van der Waals surface area contributed by atoms with Gasteiger partial charge in [-0.15, -0.1) is 0 Å². The van der Waals surface area contributed by atoms with Crippen LogP contribution in [-0.4, -0.2) is 19.4 Å². The van der Waals surface area contributed by atoms with Gasteiger partial charge in [0.15, 0.2) is 0 Å². The van der Waals surface area contributed by atoms with Crippen LogP contribution >= 0.6 is 0 Å². The highest BCUT2D eigenvalue weighted by molar-refractivity contribution is 6.25. The fourth-order valence-corrected chi connectivity index (χ4v) is 10.7. The number of rotatable bonds is 4. The van der Waals surface area contributed by atoms with Crippen molar-refractivity contribution in [3.63, 3.8) is 0 Å². The van der Waals surface area contributed by atoms with Crippen LogP contribution in [0.2, 0.25) is 0 Å². The number of benzene rings is 10. The fraction of sp³-hybridized carbons (Fsp3) is 0.0172.